The Morgan fingerprint density at radius 3 is 2.76 bits per heavy atom. The van der Waals surface area contributed by atoms with E-state index in [1.165, 1.54) is 18.2 Å². The lowest BCUT2D eigenvalue weighted by Crippen LogP contribution is -2.18. The Hall–Kier alpha value is -2.11. The number of benzene rings is 2. The molecule has 0 radical (unpaired) electrons. The second-order valence-electron chi connectivity index (χ2n) is 4.37. The minimum absolute atomic E-state index is 0.0233. The number of hydrogen-bond donors (Lipinski definition) is 2. The molecule has 2 aromatic rings. The molecule has 3 N–H and O–H groups in total. The molecule has 1 amide bonds. The zero-order valence-corrected chi connectivity index (χ0v) is 11.9. The van der Waals surface area contributed by atoms with E-state index in [4.69, 9.17) is 22.1 Å². The van der Waals surface area contributed by atoms with Gasteiger partial charge in [0.05, 0.1) is 12.3 Å². The van der Waals surface area contributed by atoms with Gasteiger partial charge in [0.1, 0.15) is 12.4 Å². The Labute approximate surface area is 126 Å². The van der Waals surface area contributed by atoms with Crippen molar-refractivity contribution in [3.8, 4) is 0 Å². The number of nitrogens with two attached hydrogens (primary N) is 1. The van der Waals surface area contributed by atoms with Gasteiger partial charge in [-0.2, -0.15) is 0 Å². The molecule has 0 atom stereocenters. The summed E-state index contributed by atoms with van der Waals surface area (Å²) in [5.74, 6) is -0.879. The highest BCUT2D eigenvalue weighted by atomic mass is 35.5. The van der Waals surface area contributed by atoms with E-state index >= 15 is 0 Å². The molecule has 0 aliphatic heterocycles. The first-order valence-electron chi connectivity index (χ1n) is 6.22. The molecule has 0 bridgehead atoms. The Morgan fingerprint density at radius 2 is 2.05 bits per heavy atom. The number of ether oxygens (including phenoxy) is 1. The average molecular weight is 309 g/mol. The highest BCUT2D eigenvalue weighted by molar-refractivity contribution is 6.31. The Bertz CT molecular complexity index is 649. The number of rotatable bonds is 5. The molecule has 2 aromatic carbocycles. The van der Waals surface area contributed by atoms with Crippen LogP contribution in [-0.4, -0.2) is 12.5 Å². The molecule has 0 aliphatic rings. The summed E-state index contributed by atoms with van der Waals surface area (Å²) in [6.45, 7) is 0.0984. The molecular weight excluding hydrogens is 295 g/mol. The van der Waals surface area contributed by atoms with E-state index in [1.54, 1.807) is 6.07 Å². The Kier molecular flexibility index (Phi) is 5.14. The average Bonchev–Trinajstić information content (AvgIpc) is 2.45. The second-order valence-corrected chi connectivity index (χ2v) is 4.78. The second kappa shape index (κ2) is 7.06. The molecule has 110 valence electrons. The summed E-state index contributed by atoms with van der Waals surface area (Å²) in [7, 11) is 0. The van der Waals surface area contributed by atoms with E-state index in [2.05, 4.69) is 5.32 Å². The van der Waals surface area contributed by atoms with Gasteiger partial charge in [-0.05, 0) is 29.8 Å². The van der Waals surface area contributed by atoms with Crippen molar-refractivity contribution in [3.05, 3.63) is 58.9 Å². The van der Waals surface area contributed by atoms with Gasteiger partial charge in [0.2, 0.25) is 5.91 Å². The smallest absolute Gasteiger partial charge is 0.250 e. The zero-order chi connectivity index (χ0) is 15.2. The third-order valence-electron chi connectivity index (χ3n) is 2.73. The number of amides is 1. The van der Waals surface area contributed by atoms with Crippen LogP contribution < -0.4 is 11.1 Å². The number of carbonyl (C=O) groups is 1. The van der Waals surface area contributed by atoms with Crippen molar-refractivity contribution in [2.24, 2.45) is 0 Å². The monoisotopic (exact) mass is 308 g/mol. The lowest BCUT2D eigenvalue weighted by molar-refractivity contribution is -0.121. The fourth-order valence-electron chi connectivity index (χ4n) is 1.69. The third kappa shape index (κ3) is 4.44. The van der Waals surface area contributed by atoms with Crippen LogP contribution in [0.2, 0.25) is 5.02 Å². The van der Waals surface area contributed by atoms with E-state index in [1.807, 2.05) is 18.2 Å². The van der Waals surface area contributed by atoms with E-state index in [-0.39, 0.29) is 24.8 Å². The van der Waals surface area contributed by atoms with Crippen molar-refractivity contribution in [1.29, 1.82) is 0 Å². The molecule has 21 heavy (non-hydrogen) atoms. The zero-order valence-electron chi connectivity index (χ0n) is 11.1. The summed E-state index contributed by atoms with van der Waals surface area (Å²) >= 11 is 5.97. The molecule has 0 aliphatic carbocycles. The Balaban J connectivity index is 1.82. The summed E-state index contributed by atoms with van der Waals surface area (Å²) < 4.78 is 18.3. The molecule has 4 nitrogen and oxygen atoms in total. The van der Waals surface area contributed by atoms with Crippen molar-refractivity contribution >= 4 is 28.9 Å². The van der Waals surface area contributed by atoms with E-state index in [9.17, 15) is 9.18 Å². The van der Waals surface area contributed by atoms with Crippen molar-refractivity contribution < 1.29 is 13.9 Å². The summed E-state index contributed by atoms with van der Waals surface area (Å²) in [5, 5.41) is 3.15. The van der Waals surface area contributed by atoms with Gasteiger partial charge in [0, 0.05) is 10.7 Å². The standard InChI is InChI=1S/C15H14ClFN2O2/c16-12-4-2-1-3-10(12)8-21-9-15(20)19-11-5-6-13(17)14(18)7-11/h1-7H,8-9,18H2,(H,19,20). The number of nitrogens with one attached hydrogen (secondary N) is 1. The number of carbonyl (C=O) groups excluding carboxylic acids is 1. The fourth-order valence-corrected chi connectivity index (χ4v) is 1.88. The maximum absolute atomic E-state index is 13.0. The molecule has 0 saturated carbocycles. The molecule has 6 heteroatoms. The van der Waals surface area contributed by atoms with Crippen LogP contribution >= 0.6 is 11.6 Å². The van der Waals surface area contributed by atoms with Crippen LogP contribution in [0.4, 0.5) is 15.8 Å². The van der Waals surface area contributed by atoms with Gasteiger partial charge < -0.3 is 15.8 Å². The van der Waals surface area contributed by atoms with Gasteiger partial charge in [-0.3, -0.25) is 4.79 Å². The van der Waals surface area contributed by atoms with Gasteiger partial charge in [-0.1, -0.05) is 29.8 Å². The maximum Gasteiger partial charge on any atom is 0.250 e. The third-order valence-corrected chi connectivity index (χ3v) is 3.10. The van der Waals surface area contributed by atoms with Crippen molar-refractivity contribution in [2.75, 3.05) is 17.7 Å². The fraction of sp³-hybridized carbons (Fsp3) is 0.133. The largest absolute Gasteiger partial charge is 0.396 e. The minimum atomic E-state index is -0.525. The van der Waals surface area contributed by atoms with E-state index in [0.29, 0.717) is 10.7 Å². The van der Waals surface area contributed by atoms with Crippen molar-refractivity contribution in [1.82, 2.24) is 0 Å². The molecule has 0 spiro atoms. The lowest BCUT2D eigenvalue weighted by atomic mass is 10.2. The van der Waals surface area contributed by atoms with Gasteiger partial charge in [0.15, 0.2) is 0 Å². The topological polar surface area (TPSA) is 64.3 Å². The van der Waals surface area contributed by atoms with Crippen molar-refractivity contribution in [3.63, 3.8) is 0 Å². The summed E-state index contributed by atoms with van der Waals surface area (Å²) in [6.07, 6.45) is 0. The highest BCUT2D eigenvalue weighted by Gasteiger charge is 2.06. The summed E-state index contributed by atoms with van der Waals surface area (Å²) in [5.41, 5.74) is 6.61. The van der Waals surface area contributed by atoms with Crippen LogP contribution in [-0.2, 0) is 16.1 Å². The quantitative estimate of drug-likeness (QED) is 0.834. The van der Waals surface area contributed by atoms with Gasteiger partial charge in [-0.25, -0.2) is 4.39 Å². The summed E-state index contributed by atoms with van der Waals surface area (Å²) in [6, 6.07) is 11.2. The first-order valence-corrected chi connectivity index (χ1v) is 6.60. The van der Waals surface area contributed by atoms with E-state index < -0.39 is 5.82 Å². The molecular formula is C15H14ClFN2O2. The first-order chi connectivity index (χ1) is 10.1. The van der Waals surface area contributed by atoms with Gasteiger partial charge >= 0.3 is 0 Å². The summed E-state index contributed by atoms with van der Waals surface area (Å²) in [4.78, 5) is 11.7. The molecule has 0 aromatic heterocycles. The van der Waals surface area contributed by atoms with Gasteiger partial charge in [-0.15, -0.1) is 0 Å². The van der Waals surface area contributed by atoms with Crippen LogP contribution in [0.25, 0.3) is 0 Å². The minimum Gasteiger partial charge on any atom is -0.396 e. The maximum atomic E-state index is 13.0. The van der Waals surface area contributed by atoms with Crippen LogP contribution in [0, 0.1) is 5.82 Å². The van der Waals surface area contributed by atoms with Gasteiger partial charge in [0.25, 0.3) is 0 Å². The van der Waals surface area contributed by atoms with E-state index in [0.717, 1.165) is 5.56 Å². The number of anilines is 2. The van der Waals surface area contributed by atoms with Crippen LogP contribution in [0.3, 0.4) is 0 Å². The highest BCUT2D eigenvalue weighted by Crippen LogP contribution is 2.17. The van der Waals surface area contributed by atoms with Crippen LogP contribution in [0.15, 0.2) is 42.5 Å². The molecule has 0 saturated heterocycles. The molecule has 0 heterocycles. The number of halogens is 2. The SMILES string of the molecule is Nc1cc(NC(=O)COCc2ccccc2Cl)ccc1F. The number of hydrogen-bond acceptors (Lipinski definition) is 3. The van der Waals surface area contributed by atoms with Crippen LogP contribution in [0.1, 0.15) is 5.56 Å². The number of nitrogen functional groups attached to an aromatic ring is 1. The predicted octanol–water partition coefficient (Wildman–Crippen LogP) is 3.22. The van der Waals surface area contributed by atoms with Crippen LogP contribution in [0.5, 0.6) is 0 Å². The molecule has 0 unspecified atom stereocenters. The first kappa shape index (κ1) is 15.3. The molecule has 0 fully saturated rings. The van der Waals surface area contributed by atoms with Crippen molar-refractivity contribution in [2.45, 2.75) is 6.61 Å². The Morgan fingerprint density at radius 1 is 1.29 bits per heavy atom. The lowest BCUT2D eigenvalue weighted by Gasteiger charge is -2.08. The predicted molar refractivity (Wildman–Crippen MR) is 80.6 cm³/mol. The molecule has 2 rings (SSSR count). The normalized spacial score (nSPS) is 10.4.